The number of fused-ring (bicyclic) bond motifs is 2. The standard InChI is InChI=1S/C22H20FN3O/c1-2-25-12-3-4-20-19(15-25)22(27)26-13-11-17(14-21(26)24-20)6-5-16-7-9-18(23)10-8-16/h7-11,13-14H,2-4,12,15H2,1H3. The first-order chi connectivity index (χ1) is 13.1. The largest absolute Gasteiger partial charge is 0.299 e. The number of hydrogen-bond acceptors (Lipinski definition) is 3. The number of aryl methyl sites for hydroxylation is 1. The molecule has 5 heteroatoms. The Labute approximate surface area is 157 Å². The molecule has 136 valence electrons. The zero-order valence-electron chi connectivity index (χ0n) is 15.2. The normalized spacial score (nSPS) is 14.3. The van der Waals surface area contributed by atoms with Crippen LogP contribution in [0.3, 0.4) is 0 Å². The molecule has 4 nitrogen and oxygen atoms in total. The molecular formula is C22H20FN3O. The lowest BCUT2D eigenvalue weighted by atomic mass is 10.1. The van der Waals surface area contributed by atoms with E-state index in [0.717, 1.165) is 48.3 Å². The Bertz CT molecular complexity index is 1110. The number of pyridine rings is 1. The van der Waals surface area contributed by atoms with Crippen molar-refractivity contribution in [3.05, 3.63) is 81.2 Å². The van der Waals surface area contributed by atoms with Crippen molar-refractivity contribution in [3.63, 3.8) is 0 Å². The third kappa shape index (κ3) is 3.62. The monoisotopic (exact) mass is 361 g/mol. The van der Waals surface area contributed by atoms with Crippen molar-refractivity contribution >= 4 is 5.65 Å². The van der Waals surface area contributed by atoms with Gasteiger partial charge in [0.05, 0.1) is 11.3 Å². The first-order valence-electron chi connectivity index (χ1n) is 9.18. The maximum Gasteiger partial charge on any atom is 0.262 e. The molecule has 0 N–H and O–H groups in total. The van der Waals surface area contributed by atoms with E-state index >= 15 is 0 Å². The minimum absolute atomic E-state index is 0.00777. The molecule has 1 aliphatic heterocycles. The maximum absolute atomic E-state index is 13.0. The molecule has 0 saturated carbocycles. The lowest BCUT2D eigenvalue weighted by molar-refractivity contribution is 0.283. The van der Waals surface area contributed by atoms with E-state index in [9.17, 15) is 9.18 Å². The quantitative estimate of drug-likeness (QED) is 0.626. The van der Waals surface area contributed by atoms with E-state index in [1.54, 1.807) is 22.7 Å². The first-order valence-corrected chi connectivity index (χ1v) is 9.18. The zero-order valence-corrected chi connectivity index (χ0v) is 15.2. The summed E-state index contributed by atoms with van der Waals surface area (Å²) < 4.78 is 14.6. The fourth-order valence-corrected chi connectivity index (χ4v) is 3.38. The van der Waals surface area contributed by atoms with Crippen LogP contribution in [0.25, 0.3) is 5.65 Å². The average molecular weight is 361 g/mol. The molecule has 0 radical (unpaired) electrons. The highest BCUT2D eigenvalue weighted by molar-refractivity contribution is 5.50. The van der Waals surface area contributed by atoms with Gasteiger partial charge in [0.2, 0.25) is 0 Å². The number of benzene rings is 1. The maximum atomic E-state index is 13.0. The first kappa shape index (κ1) is 17.4. The Morgan fingerprint density at radius 3 is 2.70 bits per heavy atom. The minimum Gasteiger partial charge on any atom is -0.299 e. The van der Waals surface area contributed by atoms with Crippen LogP contribution in [0.15, 0.2) is 47.4 Å². The Morgan fingerprint density at radius 2 is 1.93 bits per heavy atom. The van der Waals surface area contributed by atoms with Crippen LogP contribution in [-0.2, 0) is 13.0 Å². The van der Waals surface area contributed by atoms with Gasteiger partial charge in [-0.25, -0.2) is 9.37 Å². The van der Waals surface area contributed by atoms with E-state index in [2.05, 4.69) is 23.7 Å². The molecule has 0 aliphatic carbocycles. The molecular weight excluding hydrogens is 341 g/mol. The number of hydrogen-bond donors (Lipinski definition) is 0. The fourth-order valence-electron chi connectivity index (χ4n) is 3.38. The van der Waals surface area contributed by atoms with E-state index < -0.39 is 0 Å². The molecule has 0 atom stereocenters. The van der Waals surface area contributed by atoms with E-state index in [0.29, 0.717) is 12.2 Å². The highest BCUT2D eigenvalue weighted by Gasteiger charge is 2.19. The Morgan fingerprint density at radius 1 is 1.15 bits per heavy atom. The van der Waals surface area contributed by atoms with Gasteiger partial charge in [0.15, 0.2) is 0 Å². The highest BCUT2D eigenvalue weighted by atomic mass is 19.1. The van der Waals surface area contributed by atoms with Gasteiger partial charge in [-0.05, 0) is 62.3 Å². The molecule has 0 fully saturated rings. The highest BCUT2D eigenvalue weighted by Crippen LogP contribution is 2.15. The second-order valence-corrected chi connectivity index (χ2v) is 6.72. The van der Waals surface area contributed by atoms with Crippen LogP contribution in [0.2, 0.25) is 0 Å². The molecule has 3 aromatic rings. The van der Waals surface area contributed by atoms with Gasteiger partial charge in [-0.15, -0.1) is 0 Å². The second-order valence-electron chi connectivity index (χ2n) is 6.72. The van der Waals surface area contributed by atoms with Crippen LogP contribution in [-0.4, -0.2) is 27.4 Å². The Kier molecular flexibility index (Phi) is 4.74. The minimum atomic E-state index is -0.280. The molecule has 0 spiro atoms. The summed E-state index contributed by atoms with van der Waals surface area (Å²) in [6.07, 6.45) is 3.57. The van der Waals surface area contributed by atoms with Crippen molar-refractivity contribution in [2.75, 3.05) is 13.1 Å². The van der Waals surface area contributed by atoms with Gasteiger partial charge >= 0.3 is 0 Å². The number of halogens is 1. The summed E-state index contributed by atoms with van der Waals surface area (Å²) in [7, 11) is 0. The van der Waals surface area contributed by atoms with Crippen LogP contribution in [0.4, 0.5) is 4.39 Å². The van der Waals surface area contributed by atoms with E-state index in [4.69, 9.17) is 4.98 Å². The van der Waals surface area contributed by atoms with Gasteiger partial charge < -0.3 is 0 Å². The SMILES string of the molecule is CCN1CCCc2nc3cc(C#Cc4ccc(F)cc4)ccn3c(=O)c2C1. The van der Waals surface area contributed by atoms with Crippen LogP contribution >= 0.6 is 0 Å². The van der Waals surface area contributed by atoms with E-state index in [-0.39, 0.29) is 11.4 Å². The fraction of sp³-hybridized carbons (Fsp3) is 0.273. The molecule has 3 heterocycles. The Balaban J connectivity index is 1.73. The van der Waals surface area contributed by atoms with E-state index in [1.807, 2.05) is 12.1 Å². The topological polar surface area (TPSA) is 37.6 Å². The van der Waals surface area contributed by atoms with Crippen molar-refractivity contribution in [1.29, 1.82) is 0 Å². The van der Waals surface area contributed by atoms with Crippen LogP contribution < -0.4 is 5.56 Å². The van der Waals surface area contributed by atoms with E-state index in [1.165, 1.54) is 12.1 Å². The smallest absolute Gasteiger partial charge is 0.262 e. The summed E-state index contributed by atoms with van der Waals surface area (Å²) in [6.45, 7) is 4.69. The summed E-state index contributed by atoms with van der Waals surface area (Å²) >= 11 is 0. The second kappa shape index (κ2) is 7.34. The molecule has 0 saturated heterocycles. The van der Waals surface area contributed by atoms with Crippen molar-refractivity contribution in [3.8, 4) is 11.8 Å². The molecule has 2 aromatic heterocycles. The Hall–Kier alpha value is -2.97. The third-order valence-corrected chi connectivity index (χ3v) is 4.92. The van der Waals surface area contributed by atoms with Gasteiger partial charge in [0, 0.05) is 23.9 Å². The summed E-state index contributed by atoms with van der Waals surface area (Å²) in [4.78, 5) is 20.0. The van der Waals surface area contributed by atoms with Gasteiger partial charge in [0.25, 0.3) is 5.56 Å². The lowest BCUT2D eigenvalue weighted by Crippen LogP contribution is -2.28. The summed E-state index contributed by atoms with van der Waals surface area (Å²) in [5.41, 5.74) is 3.85. The molecule has 0 amide bonds. The summed E-state index contributed by atoms with van der Waals surface area (Å²) in [5.74, 6) is 5.80. The van der Waals surface area contributed by atoms with Gasteiger partial charge in [-0.1, -0.05) is 18.8 Å². The summed E-state index contributed by atoms with van der Waals surface area (Å²) in [6, 6.07) is 9.71. The number of nitrogens with zero attached hydrogens (tertiary/aromatic N) is 3. The number of rotatable bonds is 1. The third-order valence-electron chi connectivity index (χ3n) is 4.92. The van der Waals surface area contributed by atoms with Crippen LogP contribution in [0.1, 0.15) is 35.7 Å². The van der Waals surface area contributed by atoms with Crippen molar-refractivity contribution in [1.82, 2.24) is 14.3 Å². The van der Waals surface area contributed by atoms with Gasteiger partial charge in [-0.2, -0.15) is 0 Å². The predicted molar refractivity (Wildman–Crippen MR) is 103 cm³/mol. The van der Waals surface area contributed by atoms with Crippen LogP contribution in [0.5, 0.6) is 0 Å². The molecule has 1 aliphatic rings. The molecule has 27 heavy (non-hydrogen) atoms. The molecule has 4 rings (SSSR count). The zero-order chi connectivity index (χ0) is 18.8. The van der Waals surface area contributed by atoms with Gasteiger partial charge in [-0.3, -0.25) is 14.1 Å². The predicted octanol–water partition coefficient (Wildman–Crippen LogP) is 3.00. The average Bonchev–Trinajstić information content (AvgIpc) is 2.90. The van der Waals surface area contributed by atoms with Crippen molar-refractivity contribution in [2.24, 2.45) is 0 Å². The molecule has 1 aromatic carbocycles. The summed E-state index contributed by atoms with van der Waals surface area (Å²) in [5, 5.41) is 0. The molecule has 0 unspecified atom stereocenters. The lowest BCUT2D eigenvalue weighted by Gasteiger charge is -2.17. The van der Waals surface area contributed by atoms with Gasteiger partial charge in [0.1, 0.15) is 11.5 Å². The van der Waals surface area contributed by atoms with Crippen LogP contribution in [0, 0.1) is 17.7 Å². The number of aromatic nitrogens is 2. The molecule has 0 bridgehead atoms. The van der Waals surface area contributed by atoms with Crippen molar-refractivity contribution in [2.45, 2.75) is 26.3 Å². The van der Waals surface area contributed by atoms with Crippen molar-refractivity contribution < 1.29 is 4.39 Å².